The van der Waals surface area contributed by atoms with Crippen LogP contribution in [0.15, 0.2) is 93.6 Å². The van der Waals surface area contributed by atoms with Crippen LogP contribution in [0.3, 0.4) is 0 Å². The number of thiazole rings is 1. The Labute approximate surface area is 186 Å². The van der Waals surface area contributed by atoms with E-state index in [4.69, 9.17) is 9.15 Å². The number of rotatable bonds is 5. The predicted octanol–water partition coefficient (Wildman–Crippen LogP) is 5.27. The zero-order valence-corrected chi connectivity index (χ0v) is 17.3. The van der Waals surface area contributed by atoms with Crippen molar-refractivity contribution in [1.29, 1.82) is 0 Å². The molecule has 0 aliphatic heterocycles. The van der Waals surface area contributed by atoms with E-state index in [0.29, 0.717) is 21.8 Å². The highest BCUT2D eigenvalue weighted by Crippen LogP contribution is 2.27. The molecule has 32 heavy (non-hydrogen) atoms. The van der Waals surface area contributed by atoms with Crippen molar-refractivity contribution in [2.24, 2.45) is 0 Å². The Kier molecular flexibility index (Phi) is 5.19. The van der Waals surface area contributed by atoms with Crippen LogP contribution in [0, 0.1) is 0 Å². The summed E-state index contributed by atoms with van der Waals surface area (Å²) in [6.45, 7) is 0. The maximum atomic E-state index is 12.6. The molecule has 0 atom stereocenters. The van der Waals surface area contributed by atoms with Gasteiger partial charge in [0.1, 0.15) is 22.6 Å². The maximum Gasteiger partial charge on any atom is 0.351 e. The highest BCUT2D eigenvalue weighted by molar-refractivity contribution is 7.14. The van der Waals surface area contributed by atoms with E-state index in [-0.39, 0.29) is 11.3 Å². The first-order valence-corrected chi connectivity index (χ1v) is 10.5. The molecule has 0 amide bonds. The van der Waals surface area contributed by atoms with Gasteiger partial charge in [-0.25, -0.2) is 14.6 Å². The number of aromatic nitrogens is 2. The van der Waals surface area contributed by atoms with E-state index in [1.54, 1.807) is 48.7 Å². The Morgan fingerprint density at radius 3 is 2.72 bits per heavy atom. The van der Waals surface area contributed by atoms with Gasteiger partial charge in [-0.15, -0.1) is 11.3 Å². The molecule has 0 saturated heterocycles. The van der Waals surface area contributed by atoms with Gasteiger partial charge in [-0.05, 0) is 36.4 Å². The number of carbonyl (C=O) groups is 1. The summed E-state index contributed by atoms with van der Waals surface area (Å²) in [5.74, 6) is -0.498. The molecule has 0 bridgehead atoms. The van der Waals surface area contributed by atoms with Crippen LogP contribution >= 0.6 is 11.3 Å². The zero-order valence-electron chi connectivity index (χ0n) is 16.5. The minimum absolute atomic E-state index is 0.165. The van der Waals surface area contributed by atoms with Crippen molar-refractivity contribution in [1.82, 2.24) is 9.97 Å². The van der Waals surface area contributed by atoms with Gasteiger partial charge in [0.05, 0.1) is 5.69 Å². The lowest BCUT2D eigenvalue weighted by Gasteiger charge is -2.07. The molecule has 1 N–H and O–H groups in total. The second-order valence-corrected chi connectivity index (χ2v) is 7.64. The van der Waals surface area contributed by atoms with Crippen LogP contribution in [0.25, 0.3) is 22.4 Å². The average Bonchev–Trinajstić information content (AvgIpc) is 3.28. The number of esters is 1. The molecule has 0 aliphatic rings. The van der Waals surface area contributed by atoms with Crippen LogP contribution in [0.1, 0.15) is 10.4 Å². The highest BCUT2D eigenvalue weighted by Gasteiger charge is 2.16. The molecule has 3 aromatic heterocycles. The van der Waals surface area contributed by atoms with E-state index >= 15 is 0 Å². The molecule has 0 aliphatic carbocycles. The molecule has 2 aromatic carbocycles. The molecule has 0 spiro atoms. The average molecular weight is 441 g/mol. The van der Waals surface area contributed by atoms with Crippen molar-refractivity contribution in [2.75, 3.05) is 5.32 Å². The summed E-state index contributed by atoms with van der Waals surface area (Å²) in [6, 6.07) is 20.9. The zero-order chi connectivity index (χ0) is 21.9. The predicted molar refractivity (Wildman–Crippen MR) is 123 cm³/mol. The topological polar surface area (TPSA) is 94.3 Å². The number of para-hydroxylation sites is 1. The Hall–Kier alpha value is -4.30. The first kappa shape index (κ1) is 19.7. The van der Waals surface area contributed by atoms with Crippen molar-refractivity contribution in [3.05, 3.63) is 100 Å². The number of hydrogen-bond acceptors (Lipinski definition) is 8. The molecule has 3 heterocycles. The van der Waals surface area contributed by atoms with Gasteiger partial charge >= 0.3 is 11.6 Å². The fourth-order valence-corrected chi connectivity index (χ4v) is 3.81. The minimum Gasteiger partial charge on any atom is -0.423 e. The molecule has 0 unspecified atom stereocenters. The van der Waals surface area contributed by atoms with Crippen LogP contribution in [-0.2, 0) is 0 Å². The summed E-state index contributed by atoms with van der Waals surface area (Å²) in [4.78, 5) is 33.6. The van der Waals surface area contributed by atoms with Crippen molar-refractivity contribution >= 4 is 39.1 Å². The van der Waals surface area contributed by atoms with Crippen LogP contribution < -0.4 is 15.7 Å². The SMILES string of the molecule is O=C(Oc1cccc(Nc2nc(-c3ccccn3)cs2)c1)c1cc2ccccc2oc1=O. The number of anilines is 2. The van der Waals surface area contributed by atoms with E-state index in [1.807, 2.05) is 29.6 Å². The second-order valence-electron chi connectivity index (χ2n) is 6.78. The number of carbonyl (C=O) groups excluding carboxylic acids is 1. The lowest BCUT2D eigenvalue weighted by molar-refractivity contribution is 0.0730. The number of benzene rings is 2. The normalized spacial score (nSPS) is 10.8. The van der Waals surface area contributed by atoms with Gasteiger partial charge in [-0.1, -0.05) is 30.3 Å². The Morgan fingerprint density at radius 2 is 1.84 bits per heavy atom. The standard InChI is InChI=1S/C24H15N3O4S/c28-22(18-12-15-6-1-2-10-21(15)31-23(18)29)30-17-8-5-7-16(13-17)26-24-27-20(14-32-24)19-9-3-4-11-25-19/h1-14H,(H,26,27). The molecular weight excluding hydrogens is 426 g/mol. The van der Waals surface area contributed by atoms with E-state index in [9.17, 15) is 9.59 Å². The number of pyridine rings is 1. The van der Waals surface area contributed by atoms with Gasteiger partial charge in [-0.3, -0.25) is 4.98 Å². The molecule has 0 radical (unpaired) electrons. The minimum atomic E-state index is -0.784. The lowest BCUT2D eigenvalue weighted by atomic mass is 10.2. The quantitative estimate of drug-likeness (QED) is 0.225. The summed E-state index contributed by atoms with van der Waals surface area (Å²) in [6.07, 6.45) is 1.72. The Morgan fingerprint density at radius 1 is 0.969 bits per heavy atom. The summed E-state index contributed by atoms with van der Waals surface area (Å²) >= 11 is 1.44. The van der Waals surface area contributed by atoms with Crippen LogP contribution in [0.5, 0.6) is 5.75 Å². The fraction of sp³-hybridized carbons (Fsp3) is 0. The van der Waals surface area contributed by atoms with Crippen LogP contribution in [0.4, 0.5) is 10.8 Å². The summed E-state index contributed by atoms with van der Waals surface area (Å²) < 4.78 is 10.6. The Balaban J connectivity index is 1.34. The third kappa shape index (κ3) is 4.12. The molecule has 5 aromatic rings. The smallest absolute Gasteiger partial charge is 0.351 e. The van der Waals surface area contributed by atoms with Gasteiger partial charge in [0, 0.05) is 28.7 Å². The van der Waals surface area contributed by atoms with Gasteiger partial charge in [-0.2, -0.15) is 0 Å². The van der Waals surface area contributed by atoms with E-state index in [1.165, 1.54) is 17.4 Å². The molecule has 5 rings (SSSR count). The van der Waals surface area contributed by atoms with Crippen LogP contribution in [0.2, 0.25) is 0 Å². The molecule has 8 heteroatoms. The van der Waals surface area contributed by atoms with Crippen molar-refractivity contribution in [2.45, 2.75) is 0 Å². The number of nitrogens with zero attached hydrogens (tertiary/aromatic N) is 2. The van der Waals surface area contributed by atoms with Crippen molar-refractivity contribution in [3.8, 4) is 17.1 Å². The number of fused-ring (bicyclic) bond motifs is 1. The molecule has 156 valence electrons. The van der Waals surface area contributed by atoms with E-state index in [0.717, 1.165) is 11.4 Å². The van der Waals surface area contributed by atoms with Crippen LogP contribution in [-0.4, -0.2) is 15.9 Å². The Bertz CT molecular complexity index is 1480. The fourth-order valence-electron chi connectivity index (χ4n) is 3.09. The molecule has 7 nitrogen and oxygen atoms in total. The third-order valence-corrected chi connectivity index (χ3v) is 5.35. The number of hydrogen-bond donors (Lipinski definition) is 1. The van der Waals surface area contributed by atoms with Gasteiger partial charge < -0.3 is 14.5 Å². The second kappa shape index (κ2) is 8.44. The first-order valence-electron chi connectivity index (χ1n) is 9.65. The van der Waals surface area contributed by atoms with E-state index in [2.05, 4.69) is 15.3 Å². The summed E-state index contributed by atoms with van der Waals surface area (Å²) in [5.41, 5.74) is 1.74. The number of ether oxygens (including phenoxy) is 1. The molecule has 0 fully saturated rings. The summed E-state index contributed by atoms with van der Waals surface area (Å²) in [7, 11) is 0. The third-order valence-electron chi connectivity index (χ3n) is 4.59. The van der Waals surface area contributed by atoms with Crippen molar-refractivity contribution in [3.63, 3.8) is 0 Å². The highest BCUT2D eigenvalue weighted by atomic mass is 32.1. The largest absolute Gasteiger partial charge is 0.423 e. The van der Waals surface area contributed by atoms with Gasteiger partial charge in [0.15, 0.2) is 5.13 Å². The maximum absolute atomic E-state index is 12.6. The van der Waals surface area contributed by atoms with Crippen molar-refractivity contribution < 1.29 is 13.9 Å². The van der Waals surface area contributed by atoms with Gasteiger partial charge in [0.25, 0.3) is 0 Å². The van der Waals surface area contributed by atoms with E-state index < -0.39 is 11.6 Å². The van der Waals surface area contributed by atoms with Gasteiger partial charge in [0.2, 0.25) is 0 Å². The summed E-state index contributed by atoms with van der Waals surface area (Å²) in [5, 5.41) is 6.41. The molecule has 0 saturated carbocycles. The monoisotopic (exact) mass is 441 g/mol. The number of nitrogens with one attached hydrogen (secondary N) is 1. The molecular formula is C24H15N3O4S. The lowest BCUT2D eigenvalue weighted by Crippen LogP contribution is -2.18. The first-order chi connectivity index (χ1) is 15.7.